The molecule has 0 spiro atoms. The fourth-order valence-corrected chi connectivity index (χ4v) is 1.34. The lowest BCUT2D eigenvalue weighted by Gasteiger charge is -2.12. The number of benzene rings is 1. The van der Waals surface area contributed by atoms with Crippen molar-refractivity contribution in [2.45, 2.75) is 13.8 Å². The van der Waals surface area contributed by atoms with Crippen molar-refractivity contribution in [3.63, 3.8) is 0 Å². The number of hydrogen-bond donors (Lipinski definition) is 1. The van der Waals surface area contributed by atoms with Crippen LogP contribution in [-0.4, -0.2) is 24.0 Å². The monoisotopic (exact) mass is 250 g/mol. The van der Waals surface area contributed by atoms with Crippen LogP contribution in [0.2, 0.25) is 0 Å². The molecule has 18 heavy (non-hydrogen) atoms. The molecule has 1 aromatic rings. The lowest BCUT2D eigenvalue weighted by atomic mass is 10.1. The second-order valence-electron chi connectivity index (χ2n) is 3.49. The Morgan fingerprint density at radius 3 is 2.72 bits per heavy atom. The summed E-state index contributed by atoms with van der Waals surface area (Å²) in [6.07, 6.45) is 0.519. The number of carbonyl (C=O) groups excluding carboxylic acids is 2. The molecule has 0 aromatic heterocycles. The summed E-state index contributed by atoms with van der Waals surface area (Å²) in [5, 5.41) is 9.44. The van der Waals surface area contributed by atoms with Crippen molar-refractivity contribution in [2.75, 3.05) is 6.61 Å². The molecule has 1 rings (SSSR count). The standard InChI is InChI=1S/C13H14O5/c1-4-17-13(16)9(3)18-12-6-5-11(15)10(7-14)8(12)2/h5-7,15H,3-4H2,1-2H3. The van der Waals surface area contributed by atoms with E-state index in [1.165, 1.54) is 12.1 Å². The van der Waals surface area contributed by atoms with Crippen molar-refractivity contribution < 1.29 is 24.2 Å². The van der Waals surface area contributed by atoms with E-state index in [-0.39, 0.29) is 29.4 Å². The van der Waals surface area contributed by atoms with Gasteiger partial charge in [0.1, 0.15) is 11.5 Å². The van der Waals surface area contributed by atoms with Crippen LogP contribution in [0, 0.1) is 6.92 Å². The van der Waals surface area contributed by atoms with Crippen molar-refractivity contribution in [1.82, 2.24) is 0 Å². The van der Waals surface area contributed by atoms with Crippen molar-refractivity contribution >= 4 is 12.3 Å². The summed E-state index contributed by atoms with van der Waals surface area (Å²) >= 11 is 0. The first-order valence-corrected chi connectivity index (χ1v) is 5.32. The van der Waals surface area contributed by atoms with Crippen LogP contribution in [0.25, 0.3) is 0 Å². The van der Waals surface area contributed by atoms with Crippen LogP contribution in [0.1, 0.15) is 22.8 Å². The van der Waals surface area contributed by atoms with E-state index >= 15 is 0 Å². The Balaban J connectivity index is 2.95. The van der Waals surface area contributed by atoms with E-state index < -0.39 is 5.97 Å². The summed E-state index contributed by atoms with van der Waals surface area (Å²) in [7, 11) is 0. The second-order valence-corrected chi connectivity index (χ2v) is 3.49. The Bertz CT molecular complexity index is 490. The molecule has 0 heterocycles. The van der Waals surface area contributed by atoms with Crippen LogP contribution in [0.4, 0.5) is 0 Å². The Labute approximate surface area is 105 Å². The van der Waals surface area contributed by atoms with E-state index in [1.54, 1.807) is 13.8 Å². The van der Waals surface area contributed by atoms with E-state index in [0.717, 1.165) is 0 Å². The highest BCUT2D eigenvalue weighted by Gasteiger charge is 2.14. The predicted molar refractivity (Wildman–Crippen MR) is 64.6 cm³/mol. The van der Waals surface area contributed by atoms with Gasteiger partial charge in [0.15, 0.2) is 6.29 Å². The summed E-state index contributed by atoms with van der Waals surface area (Å²) in [5.74, 6) is -0.718. The molecule has 0 amide bonds. The van der Waals surface area contributed by atoms with Gasteiger partial charge in [-0.05, 0) is 32.6 Å². The number of ether oxygens (including phenoxy) is 2. The van der Waals surface area contributed by atoms with Crippen molar-refractivity contribution in [2.24, 2.45) is 0 Å². The Morgan fingerprint density at radius 1 is 1.50 bits per heavy atom. The normalized spacial score (nSPS) is 9.67. The number of esters is 1. The molecule has 0 fully saturated rings. The maximum absolute atomic E-state index is 11.3. The Kier molecular flexibility index (Phi) is 4.48. The quantitative estimate of drug-likeness (QED) is 0.374. The van der Waals surface area contributed by atoms with Gasteiger partial charge in [-0.2, -0.15) is 0 Å². The first-order chi connectivity index (χ1) is 8.51. The van der Waals surface area contributed by atoms with Crippen LogP contribution in [0.3, 0.4) is 0 Å². The zero-order valence-electron chi connectivity index (χ0n) is 10.2. The summed E-state index contributed by atoms with van der Waals surface area (Å²) in [5.41, 5.74) is 0.541. The minimum atomic E-state index is -0.669. The summed E-state index contributed by atoms with van der Waals surface area (Å²) in [6, 6.07) is 2.76. The molecule has 5 nitrogen and oxygen atoms in total. The molecule has 0 saturated carbocycles. The topological polar surface area (TPSA) is 72.8 Å². The summed E-state index contributed by atoms with van der Waals surface area (Å²) in [4.78, 5) is 22.1. The SMILES string of the molecule is C=C(Oc1ccc(O)c(C=O)c1C)C(=O)OCC. The van der Waals surface area contributed by atoms with Gasteiger partial charge in [0.25, 0.3) is 0 Å². The zero-order chi connectivity index (χ0) is 13.7. The Morgan fingerprint density at radius 2 is 2.17 bits per heavy atom. The maximum atomic E-state index is 11.3. The van der Waals surface area contributed by atoms with E-state index in [2.05, 4.69) is 6.58 Å². The molecule has 0 aliphatic rings. The molecular weight excluding hydrogens is 236 g/mol. The minimum Gasteiger partial charge on any atom is -0.507 e. The minimum absolute atomic E-state index is 0.115. The molecule has 0 aliphatic heterocycles. The van der Waals surface area contributed by atoms with Crippen molar-refractivity contribution in [3.8, 4) is 11.5 Å². The van der Waals surface area contributed by atoms with E-state index in [1.807, 2.05) is 0 Å². The highest BCUT2D eigenvalue weighted by atomic mass is 16.6. The molecule has 1 N–H and O–H groups in total. The molecule has 0 unspecified atom stereocenters. The Hall–Kier alpha value is -2.30. The molecule has 0 bridgehead atoms. The first kappa shape index (κ1) is 13.8. The van der Waals surface area contributed by atoms with E-state index in [0.29, 0.717) is 11.8 Å². The number of phenolic OH excluding ortho intramolecular Hbond substituents is 1. The van der Waals surface area contributed by atoms with Crippen molar-refractivity contribution in [1.29, 1.82) is 0 Å². The average Bonchev–Trinajstić information content (AvgIpc) is 2.33. The first-order valence-electron chi connectivity index (χ1n) is 5.32. The van der Waals surface area contributed by atoms with Gasteiger partial charge in [0.05, 0.1) is 12.2 Å². The van der Waals surface area contributed by atoms with Gasteiger partial charge < -0.3 is 14.6 Å². The predicted octanol–water partition coefficient (Wildman–Crippen LogP) is 1.97. The number of aldehydes is 1. The summed E-state index contributed by atoms with van der Waals surface area (Å²) < 4.78 is 9.93. The molecule has 0 atom stereocenters. The lowest BCUT2D eigenvalue weighted by Crippen LogP contribution is -2.12. The molecular formula is C13H14O5. The second kappa shape index (κ2) is 5.86. The van der Waals surface area contributed by atoms with Gasteiger partial charge in [-0.25, -0.2) is 4.79 Å². The van der Waals surface area contributed by atoms with Gasteiger partial charge >= 0.3 is 5.97 Å². The number of phenols is 1. The maximum Gasteiger partial charge on any atom is 0.373 e. The molecule has 0 radical (unpaired) electrons. The number of hydrogen-bond acceptors (Lipinski definition) is 5. The third kappa shape index (κ3) is 2.88. The molecule has 0 aliphatic carbocycles. The fourth-order valence-electron chi connectivity index (χ4n) is 1.34. The van der Waals surface area contributed by atoms with Crippen LogP contribution in [0.5, 0.6) is 11.5 Å². The molecule has 96 valence electrons. The highest BCUT2D eigenvalue weighted by Crippen LogP contribution is 2.28. The van der Waals surface area contributed by atoms with Gasteiger partial charge in [-0.3, -0.25) is 4.79 Å². The van der Waals surface area contributed by atoms with Gasteiger partial charge in [-0.15, -0.1) is 0 Å². The van der Waals surface area contributed by atoms with Crippen LogP contribution < -0.4 is 4.74 Å². The third-order valence-electron chi connectivity index (χ3n) is 2.30. The van der Waals surface area contributed by atoms with Crippen LogP contribution in [0.15, 0.2) is 24.5 Å². The smallest absolute Gasteiger partial charge is 0.373 e. The number of carbonyl (C=O) groups is 2. The third-order valence-corrected chi connectivity index (χ3v) is 2.30. The zero-order valence-corrected chi connectivity index (χ0v) is 10.2. The van der Waals surface area contributed by atoms with Gasteiger partial charge in [0, 0.05) is 5.56 Å². The van der Waals surface area contributed by atoms with E-state index in [4.69, 9.17) is 9.47 Å². The number of rotatable bonds is 5. The van der Waals surface area contributed by atoms with Gasteiger partial charge in [0.2, 0.25) is 5.76 Å². The average molecular weight is 250 g/mol. The molecule has 1 aromatic carbocycles. The lowest BCUT2D eigenvalue weighted by molar-refractivity contribution is -0.140. The molecule has 0 saturated heterocycles. The fraction of sp³-hybridized carbons (Fsp3) is 0.231. The van der Waals surface area contributed by atoms with Crippen LogP contribution >= 0.6 is 0 Å². The van der Waals surface area contributed by atoms with E-state index in [9.17, 15) is 14.7 Å². The largest absolute Gasteiger partial charge is 0.507 e. The van der Waals surface area contributed by atoms with Gasteiger partial charge in [-0.1, -0.05) is 0 Å². The van der Waals surface area contributed by atoms with Crippen LogP contribution in [-0.2, 0) is 9.53 Å². The molecule has 5 heteroatoms. The van der Waals surface area contributed by atoms with Crippen molar-refractivity contribution in [3.05, 3.63) is 35.6 Å². The summed E-state index contributed by atoms with van der Waals surface area (Å²) in [6.45, 7) is 6.92. The number of aromatic hydroxyl groups is 1. The highest BCUT2D eigenvalue weighted by molar-refractivity contribution is 5.87.